The summed E-state index contributed by atoms with van der Waals surface area (Å²) in [5.74, 6) is 1.73. The Balaban J connectivity index is 1.54. The molecule has 0 bridgehead atoms. The van der Waals surface area contributed by atoms with Crippen LogP contribution in [-0.2, 0) is 0 Å². The maximum absolute atomic E-state index is 12.4. The zero-order valence-electron chi connectivity index (χ0n) is 16.5. The number of aromatic nitrogens is 1. The molecule has 0 saturated carbocycles. The van der Waals surface area contributed by atoms with Gasteiger partial charge < -0.3 is 20.1 Å². The fourth-order valence-corrected chi connectivity index (χ4v) is 3.23. The van der Waals surface area contributed by atoms with Crippen molar-refractivity contribution in [3.63, 3.8) is 0 Å². The van der Waals surface area contributed by atoms with E-state index in [0.29, 0.717) is 22.7 Å². The first-order chi connectivity index (χ1) is 13.7. The molecule has 1 aromatic heterocycles. The molecule has 2 aromatic rings. The van der Waals surface area contributed by atoms with E-state index in [9.17, 15) is 4.79 Å². The minimum Gasteiger partial charge on any atom is -0.493 e. The smallest absolute Gasteiger partial charge is 0.257 e. The first-order valence-electron chi connectivity index (χ1n) is 9.61. The lowest BCUT2D eigenvalue weighted by Gasteiger charge is -2.13. The number of carbonyl (C=O) groups is 1. The minimum absolute atomic E-state index is 0.223. The summed E-state index contributed by atoms with van der Waals surface area (Å²) in [6.07, 6.45) is 10.0. The molecule has 1 aliphatic rings. The highest BCUT2D eigenvalue weighted by molar-refractivity contribution is 6.04. The highest BCUT2D eigenvalue weighted by Gasteiger charge is 2.10. The topological polar surface area (TPSA) is 72.5 Å². The Labute approximate surface area is 166 Å². The van der Waals surface area contributed by atoms with E-state index < -0.39 is 0 Å². The molecule has 6 nitrogen and oxygen atoms in total. The summed E-state index contributed by atoms with van der Waals surface area (Å²) in [4.78, 5) is 16.8. The molecule has 0 fully saturated rings. The Morgan fingerprint density at radius 3 is 2.64 bits per heavy atom. The maximum atomic E-state index is 12.4. The number of hydrogen-bond donors (Lipinski definition) is 2. The number of ether oxygens (including phenoxy) is 2. The molecule has 6 heteroatoms. The monoisotopic (exact) mass is 381 g/mol. The quantitative estimate of drug-likeness (QED) is 0.651. The maximum Gasteiger partial charge on any atom is 0.257 e. The van der Waals surface area contributed by atoms with Gasteiger partial charge in [-0.2, -0.15) is 0 Å². The second kappa shape index (κ2) is 9.78. The Morgan fingerprint density at radius 2 is 1.96 bits per heavy atom. The minimum atomic E-state index is -0.223. The van der Waals surface area contributed by atoms with E-state index in [1.807, 2.05) is 6.07 Å². The van der Waals surface area contributed by atoms with Crippen LogP contribution in [0.15, 0.2) is 48.2 Å². The van der Waals surface area contributed by atoms with Gasteiger partial charge in [0.05, 0.1) is 19.8 Å². The molecule has 1 amide bonds. The zero-order valence-corrected chi connectivity index (χ0v) is 16.5. The fourth-order valence-electron chi connectivity index (χ4n) is 3.23. The summed E-state index contributed by atoms with van der Waals surface area (Å²) in [7, 11) is 3.13. The van der Waals surface area contributed by atoms with Crippen LogP contribution in [0.4, 0.5) is 11.5 Å². The van der Waals surface area contributed by atoms with Crippen LogP contribution in [0.2, 0.25) is 0 Å². The third-order valence-corrected chi connectivity index (χ3v) is 4.80. The SMILES string of the molecule is COc1ccc(NC(=O)c2ccc(NCCC3=CCCCC3)nc2)cc1OC. The van der Waals surface area contributed by atoms with E-state index in [-0.39, 0.29) is 5.91 Å². The Bertz CT molecular complexity index is 831. The fraction of sp³-hybridized carbons (Fsp3) is 0.364. The number of methoxy groups -OCH3 is 2. The number of allylic oxidation sites excluding steroid dienone is 1. The number of pyridine rings is 1. The standard InChI is InChI=1S/C22H27N3O3/c1-27-19-10-9-18(14-20(19)28-2)25-22(26)17-8-11-21(24-15-17)23-13-12-16-6-4-3-5-7-16/h6,8-11,14-15H,3-5,7,12-13H2,1-2H3,(H,23,24)(H,25,26). The molecule has 1 aromatic carbocycles. The van der Waals surface area contributed by atoms with Crippen molar-refractivity contribution in [3.05, 3.63) is 53.7 Å². The molecule has 1 aliphatic carbocycles. The van der Waals surface area contributed by atoms with Gasteiger partial charge in [-0.05, 0) is 56.4 Å². The third-order valence-electron chi connectivity index (χ3n) is 4.80. The first-order valence-corrected chi connectivity index (χ1v) is 9.61. The number of anilines is 2. The van der Waals surface area contributed by atoms with Crippen LogP contribution in [0.5, 0.6) is 11.5 Å². The molecule has 28 heavy (non-hydrogen) atoms. The Kier molecular flexibility index (Phi) is 6.89. The first kappa shape index (κ1) is 19.7. The van der Waals surface area contributed by atoms with E-state index >= 15 is 0 Å². The van der Waals surface area contributed by atoms with E-state index in [0.717, 1.165) is 18.8 Å². The number of benzene rings is 1. The number of nitrogens with one attached hydrogen (secondary N) is 2. The molecule has 0 aliphatic heterocycles. The average Bonchev–Trinajstić information content (AvgIpc) is 2.75. The number of amides is 1. The molecule has 0 atom stereocenters. The highest BCUT2D eigenvalue weighted by atomic mass is 16.5. The summed E-state index contributed by atoms with van der Waals surface area (Å²) in [6, 6.07) is 8.84. The molecule has 2 N–H and O–H groups in total. The van der Waals surface area contributed by atoms with Crippen molar-refractivity contribution < 1.29 is 14.3 Å². The van der Waals surface area contributed by atoms with E-state index in [4.69, 9.17) is 9.47 Å². The summed E-state index contributed by atoms with van der Waals surface area (Å²) in [5, 5.41) is 6.17. The average molecular weight is 381 g/mol. The van der Waals surface area contributed by atoms with Crippen LogP contribution >= 0.6 is 0 Å². The molecular formula is C22H27N3O3. The molecule has 1 heterocycles. The third kappa shape index (κ3) is 5.25. The van der Waals surface area contributed by atoms with Crippen molar-refractivity contribution in [1.82, 2.24) is 4.98 Å². The van der Waals surface area contributed by atoms with Crippen LogP contribution < -0.4 is 20.1 Å². The predicted octanol–water partition coefficient (Wildman–Crippen LogP) is 4.65. The van der Waals surface area contributed by atoms with Gasteiger partial charge in [0.2, 0.25) is 0 Å². The molecule has 148 valence electrons. The number of nitrogens with zero attached hydrogens (tertiary/aromatic N) is 1. The highest BCUT2D eigenvalue weighted by Crippen LogP contribution is 2.30. The van der Waals surface area contributed by atoms with Crippen LogP contribution in [0.1, 0.15) is 42.5 Å². The Morgan fingerprint density at radius 1 is 1.11 bits per heavy atom. The van der Waals surface area contributed by atoms with Crippen molar-refractivity contribution in [3.8, 4) is 11.5 Å². The molecule has 0 radical (unpaired) electrons. The molecular weight excluding hydrogens is 354 g/mol. The van der Waals surface area contributed by atoms with Crippen LogP contribution in [0.25, 0.3) is 0 Å². The van der Waals surface area contributed by atoms with Gasteiger partial charge in [0.15, 0.2) is 11.5 Å². The Hall–Kier alpha value is -3.02. The molecule has 3 rings (SSSR count). The summed E-state index contributed by atoms with van der Waals surface area (Å²) >= 11 is 0. The van der Waals surface area contributed by atoms with Gasteiger partial charge in [0.1, 0.15) is 5.82 Å². The van der Waals surface area contributed by atoms with Crippen molar-refractivity contribution in [2.45, 2.75) is 32.1 Å². The second-order valence-electron chi connectivity index (χ2n) is 6.74. The van der Waals surface area contributed by atoms with Gasteiger partial charge in [0.25, 0.3) is 5.91 Å². The van der Waals surface area contributed by atoms with Crippen molar-refractivity contribution in [2.24, 2.45) is 0 Å². The van der Waals surface area contributed by atoms with Gasteiger partial charge in [0, 0.05) is 24.5 Å². The van der Waals surface area contributed by atoms with Gasteiger partial charge in [-0.3, -0.25) is 4.79 Å². The number of hydrogen-bond acceptors (Lipinski definition) is 5. The van der Waals surface area contributed by atoms with Crippen LogP contribution in [0.3, 0.4) is 0 Å². The number of rotatable bonds is 8. The summed E-state index contributed by atoms with van der Waals surface area (Å²) in [6.45, 7) is 0.857. The van der Waals surface area contributed by atoms with E-state index in [1.54, 1.807) is 44.7 Å². The zero-order chi connectivity index (χ0) is 19.8. The molecule has 0 spiro atoms. The lowest BCUT2D eigenvalue weighted by molar-refractivity contribution is 0.102. The van der Waals surface area contributed by atoms with Gasteiger partial charge >= 0.3 is 0 Å². The van der Waals surface area contributed by atoms with E-state index in [2.05, 4.69) is 21.7 Å². The van der Waals surface area contributed by atoms with Gasteiger partial charge in [-0.1, -0.05) is 11.6 Å². The second-order valence-corrected chi connectivity index (χ2v) is 6.74. The van der Waals surface area contributed by atoms with Crippen molar-refractivity contribution in [1.29, 1.82) is 0 Å². The number of carbonyl (C=O) groups excluding carboxylic acids is 1. The van der Waals surface area contributed by atoms with Crippen molar-refractivity contribution in [2.75, 3.05) is 31.4 Å². The largest absolute Gasteiger partial charge is 0.493 e. The van der Waals surface area contributed by atoms with Crippen molar-refractivity contribution >= 4 is 17.4 Å². The van der Waals surface area contributed by atoms with Crippen LogP contribution in [0, 0.1) is 0 Å². The normalized spacial score (nSPS) is 13.4. The lowest BCUT2D eigenvalue weighted by Crippen LogP contribution is -2.13. The summed E-state index contributed by atoms with van der Waals surface area (Å²) < 4.78 is 10.5. The predicted molar refractivity (Wildman–Crippen MR) is 111 cm³/mol. The van der Waals surface area contributed by atoms with Gasteiger partial charge in [-0.25, -0.2) is 4.98 Å². The van der Waals surface area contributed by atoms with Crippen LogP contribution in [-0.4, -0.2) is 31.7 Å². The lowest BCUT2D eigenvalue weighted by atomic mass is 9.97. The molecule has 0 saturated heterocycles. The van der Waals surface area contributed by atoms with Gasteiger partial charge in [-0.15, -0.1) is 0 Å². The van der Waals surface area contributed by atoms with E-state index in [1.165, 1.54) is 31.3 Å². The summed E-state index contributed by atoms with van der Waals surface area (Å²) in [5.41, 5.74) is 2.66. The molecule has 0 unspecified atom stereocenters.